The van der Waals surface area contributed by atoms with Crippen molar-refractivity contribution in [1.82, 2.24) is 0 Å². The van der Waals surface area contributed by atoms with Crippen LogP contribution in [0.15, 0.2) is 24.3 Å². The van der Waals surface area contributed by atoms with Crippen molar-refractivity contribution in [2.75, 3.05) is 19.8 Å². The van der Waals surface area contributed by atoms with Crippen LogP contribution in [0.5, 0.6) is 11.5 Å². The first-order valence-corrected chi connectivity index (χ1v) is 11.1. The first kappa shape index (κ1) is 22.1. The van der Waals surface area contributed by atoms with Crippen LogP contribution in [0.3, 0.4) is 0 Å². The standard InChI is InChI=1S/C24H34F2O3/c1-3-5-17-6-9-19(10-7-17)20-11-8-18(15-28-20)16-29-22-13-12-21(27-14-4-2)23(25)24(22)26/h3,5,12-13,17-20H,4,6-11,14-16H2,1-2H3/b5-3+. The van der Waals surface area contributed by atoms with Crippen LogP contribution >= 0.6 is 0 Å². The molecule has 1 saturated heterocycles. The van der Waals surface area contributed by atoms with E-state index in [9.17, 15) is 8.78 Å². The molecule has 3 rings (SSSR count). The lowest BCUT2D eigenvalue weighted by Gasteiger charge is -2.37. The van der Waals surface area contributed by atoms with Crippen LogP contribution in [0.25, 0.3) is 0 Å². The molecule has 2 fully saturated rings. The summed E-state index contributed by atoms with van der Waals surface area (Å²) in [5, 5.41) is 0. The van der Waals surface area contributed by atoms with Crippen LogP contribution < -0.4 is 9.47 Å². The Labute approximate surface area is 173 Å². The van der Waals surface area contributed by atoms with Gasteiger partial charge < -0.3 is 14.2 Å². The minimum Gasteiger partial charge on any atom is -0.490 e. The maximum absolute atomic E-state index is 14.2. The first-order chi connectivity index (χ1) is 14.1. The molecule has 0 spiro atoms. The highest BCUT2D eigenvalue weighted by atomic mass is 19.2. The minimum absolute atomic E-state index is 0.0595. The second-order valence-electron chi connectivity index (χ2n) is 8.37. The van der Waals surface area contributed by atoms with E-state index in [-0.39, 0.29) is 17.4 Å². The molecule has 0 amide bonds. The van der Waals surface area contributed by atoms with Crippen molar-refractivity contribution in [3.05, 3.63) is 35.9 Å². The van der Waals surface area contributed by atoms with Crippen molar-refractivity contribution < 1.29 is 23.0 Å². The van der Waals surface area contributed by atoms with Crippen molar-refractivity contribution in [3.8, 4) is 11.5 Å². The summed E-state index contributed by atoms with van der Waals surface area (Å²) in [7, 11) is 0. The molecular weight excluding hydrogens is 374 g/mol. The number of hydrogen-bond donors (Lipinski definition) is 0. The van der Waals surface area contributed by atoms with E-state index in [0.717, 1.165) is 25.2 Å². The molecule has 1 saturated carbocycles. The van der Waals surface area contributed by atoms with E-state index < -0.39 is 11.6 Å². The number of halogens is 2. The van der Waals surface area contributed by atoms with Crippen molar-refractivity contribution in [2.45, 2.75) is 64.9 Å². The van der Waals surface area contributed by atoms with Gasteiger partial charge in [-0.15, -0.1) is 0 Å². The largest absolute Gasteiger partial charge is 0.490 e. The molecule has 1 aromatic rings. The van der Waals surface area contributed by atoms with E-state index in [0.29, 0.717) is 31.8 Å². The van der Waals surface area contributed by atoms with Crippen LogP contribution in [0.4, 0.5) is 8.78 Å². The summed E-state index contributed by atoms with van der Waals surface area (Å²) in [6.07, 6.45) is 12.6. The molecule has 162 valence electrons. The third-order valence-corrected chi connectivity index (χ3v) is 6.16. The van der Waals surface area contributed by atoms with E-state index in [4.69, 9.17) is 14.2 Å². The predicted octanol–water partition coefficient (Wildman–Crippen LogP) is 6.31. The monoisotopic (exact) mass is 408 g/mol. The van der Waals surface area contributed by atoms with Gasteiger partial charge in [0.25, 0.3) is 0 Å². The van der Waals surface area contributed by atoms with Gasteiger partial charge in [-0.3, -0.25) is 0 Å². The third kappa shape index (κ3) is 5.94. The summed E-state index contributed by atoms with van der Waals surface area (Å²) in [4.78, 5) is 0. The number of benzene rings is 1. The second-order valence-corrected chi connectivity index (χ2v) is 8.37. The molecule has 1 aliphatic heterocycles. The molecule has 1 heterocycles. The van der Waals surface area contributed by atoms with Crippen LogP contribution in [0.1, 0.15) is 58.8 Å². The molecular formula is C24H34F2O3. The van der Waals surface area contributed by atoms with Gasteiger partial charge in [-0.05, 0) is 75.8 Å². The van der Waals surface area contributed by atoms with Crippen molar-refractivity contribution in [3.63, 3.8) is 0 Å². The zero-order valence-electron chi connectivity index (χ0n) is 17.7. The smallest absolute Gasteiger partial charge is 0.204 e. The Morgan fingerprint density at radius 2 is 1.69 bits per heavy atom. The van der Waals surface area contributed by atoms with Crippen LogP contribution in [0.2, 0.25) is 0 Å². The molecule has 1 aliphatic carbocycles. The van der Waals surface area contributed by atoms with E-state index in [1.165, 1.54) is 37.8 Å². The number of rotatable bonds is 8. The first-order valence-electron chi connectivity index (χ1n) is 11.1. The SMILES string of the molecule is C/C=C/C1CCC(C2CCC(COc3ccc(OCCC)c(F)c3F)CO2)CC1. The van der Waals surface area contributed by atoms with Gasteiger partial charge in [0, 0.05) is 5.92 Å². The molecule has 0 radical (unpaired) electrons. The van der Waals surface area contributed by atoms with Gasteiger partial charge in [-0.2, -0.15) is 8.78 Å². The fourth-order valence-electron chi connectivity index (χ4n) is 4.47. The van der Waals surface area contributed by atoms with Crippen molar-refractivity contribution >= 4 is 0 Å². The van der Waals surface area contributed by atoms with Gasteiger partial charge in [0.15, 0.2) is 11.5 Å². The molecule has 0 aromatic heterocycles. The summed E-state index contributed by atoms with van der Waals surface area (Å²) < 4.78 is 45.2. The Hall–Kier alpha value is -1.62. The average molecular weight is 409 g/mol. The fraction of sp³-hybridized carbons (Fsp3) is 0.667. The Bertz CT molecular complexity index is 660. The fourth-order valence-corrected chi connectivity index (χ4v) is 4.47. The van der Waals surface area contributed by atoms with Gasteiger partial charge in [0.2, 0.25) is 11.6 Å². The molecule has 29 heavy (non-hydrogen) atoms. The summed E-state index contributed by atoms with van der Waals surface area (Å²) in [6.45, 7) is 5.33. The second kappa shape index (κ2) is 11.0. The lowest BCUT2D eigenvalue weighted by atomic mass is 9.77. The highest BCUT2D eigenvalue weighted by molar-refractivity contribution is 5.35. The topological polar surface area (TPSA) is 27.7 Å². The Kier molecular flexibility index (Phi) is 8.34. The maximum atomic E-state index is 14.2. The summed E-state index contributed by atoms with van der Waals surface area (Å²) in [5.41, 5.74) is 0. The van der Waals surface area contributed by atoms with Crippen molar-refractivity contribution in [2.24, 2.45) is 17.8 Å². The maximum Gasteiger partial charge on any atom is 0.204 e. The Morgan fingerprint density at radius 1 is 1.00 bits per heavy atom. The van der Waals surface area contributed by atoms with E-state index in [2.05, 4.69) is 19.1 Å². The number of ether oxygens (including phenoxy) is 3. The van der Waals surface area contributed by atoms with E-state index in [1.807, 2.05) is 6.92 Å². The van der Waals surface area contributed by atoms with E-state index >= 15 is 0 Å². The predicted molar refractivity (Wildman–Crippen MR) is 110 cm³/mol. The molecule has 0 N–H and O–H groups in total. The van der Waals surface area contributed by atoms with Gasteiger partial charge >= 0.3 is 0 Å². The third-order valence-electron chi connectivity index (χ3n) is 6.16. The lowest BCUT2D eigenvalue weighted by Crippen LogP contribution is -2.35. The Balaban J connectivity index is 1.43. The molecule has 0 bridgehead atoms. The summed E-state index contributed by atoms with van der Waals surface area (Å²) in [5.74, 6) is -0.490. The minimum atomic E-state index is -0.982. The summed E-state index contributed by atoms with van der Waals surface area (Å²) >= 11 is 0. The van der Waals surface area contributed by atoms with Crippen LogP contribution in [0, 0.1) is 29.4 Å². The van der Waals surface area contributed by atoms with Crippen molar-refractivity contribution in [1.29, 1.82) is 0 Å². The zero-order valence-corrected chi connectivity index (χ0v) is 17.7. The van der Waals surface area contributed by atoms with Gasteiger partial charge in [-0.25, -0.2) is 0 Å². The quantitative estimate of drug-likeness (QED) is 0.472. The zero-order chi connectivity index (χ0) is 20.6. The molecule has 2 atom stereocenters. The molecule has 1 aromatic carbocycles. The Morgan fingerprint density at radius 3 is 2.28 bits per heavy atom. The number of hydrogen-bond acceptors (Lipinski definition) is 3. The number of allylic oxidation sites excluding steroid dienone is 2. The van der Waals surface area contributed by atoms with Gasteiger partial charge in [-0.1, -0.05) is 19.1 Å². The van der Waals surface area contributed by atoms with Gasteiger partial charge in [0.1, 0.15) is 0 Å². The summed E-state index contributed by atoms with van der Waals surface area (Å²) in [6, 6.07) is 2.87. The van der Waals surface area contributed by atoms with E-state index in [1.54, 1.807) is 0 Å². The highest BCUT2D eigenvalue weighted by Crippen LogP contribution is 2.36. The lowest BCUT2D eigenvalue weighted by molar-refractivity contribution is -0.0643. The molecule has 3 nitrogen and oxygen atoms in total. The molecule has 2 aliphatic rings. The molecule has 5 heteroatoms. The average Bonchev–Trinajstić information content (AvgIpc) is 2.75. The van der Waals surface area contributed by atoms with Crippen LogP contribution in [-0.4, -0.2) is 25.9 Å². The van der Waals surface area contributed by atoms with Crippen LogP contribution in [-0.2, 0) is 4.74 Å². The highest BCUT2D eigenvalue weighted by Gasteiger charge is 2.31. The normalized spacial score (nSPS) is 27.9. The van der Waals surface area contributed by atoms with Gasteiger partial charge in [0.05, 0.1) is 25.9 Å². The molecule has 2 unspecified atom stereocenters.